The van der Waals surface area contributed by atoms with Gasteiger partial charge in [0.2, 0.25) is 0 Å². The van der Waals surface area contributed by atoms with E-state index in [0.717, 1.165) is 96.3 Å². The van der Waals surface area contributed by atoms with Crippen LogP contribution in [0, 0.1) is 0 Å². The molecule has 0 aromatic rings. The highest BCUT2D eigenvalue weighted by atomic mass is 31.2. The maximum atomic E-state index is 12.8. The highest BCUT2D eigenvalue weighted by Crippen LogP contribution is 2.43. The van der Waals surface area contributed by atoms with Gasteiger partial charge >= 0.3 is 19.8 Å². The molecule has 91 heavy (non-hydrogen) atoms. The van der Waals surface area contributed by atoms with Gasteiger partial charge in [0.15, 0.2) is 6.10 Å². The van der Waals surface area contributed by atoms with Gasteiger partial charge in [-0.1, -0.05) is 374 Å². The second-order valence-electron chi connectivity index (χ2n) is 25.5. The molecule has 0 heterocycles. The Bertz CT molecular complexity index is 1860. The molecule has 0 spiro atoms. The Hall–Kier alpha value is -3.33. The van der Waals surface area contributed by atoms with Crippen molar-refractivity contribution in [3.8, 4) is 0 Å². The van der Waals surface area contributed by atoms with Gasteiger partial charge in [0.25, 0.3) is 0 Å². The van der Waals surface area contributed by atoms with Crippen molar-refractivity contribution in [3.63, 3.8) is 0 Å². The molecule has 2 unspecified atom stereocenters. The summed E-state index contributed by atoms with van der Waals surface area (Å²) in [5.41, 5.74) is 5.40. The van der Waals surface area contributed by atoms with E-state index in [0.29, 0.717) is 6.42 Å². The smallest absolute Gasteiger partial charge is 0.462 e. The van der Waals surface area contributed by atoms with Crippen LogP contribution in [-0.2, 0) is 32.7 Å². The van der Waals surface area contributed by atoms with Crippen molar-refractivity contribution in [1.82, 2.24) is 0 Å². The lowest BCUT2D eigenvalue weighted by molar-refractivity contribution is -0.161. The summed E-state index contributed by atoms with van der Waals surface area (Å²) in [6, 6.07) is 0. The average molecular weight is 1290 g/mol. The summed E-state index contributed by atoms with van der Waals surface area (Å²) in [6.07, 6.45) is 105. The molecule has 0 bridgehead atoms. The molecule has 9 nitrogen and oxygen atoms in total. The second kappa shape index (κ2) is 75.7. The normalized spacial score (nSPS) is 13.5. The zero-order valence-corrected chi connectivity index (χ0v) is 60.2. The van der Waals surface area contributed by atoms with E-state index in [4.69, 9.17) is 24.3 Å². The number of carbonyl (C=O) groups excluding carboxylic acids is 2. The molecule has 0 aliphatic rings. The third-order valence-corrected chi connectivity index (χ3v) is 17.7. The lowest BCUT2D eigenvalue weighted by Crippen LogP contribution is -2.29. The van der Waals surface area contributed by atoms with E-state index < -0.39 is 26.5 Å². The molecule has 0 saturated heterocycles. The molecule has 0 aliphatic heterocycles. The molecule has 0 saturated carbocycles. The van der Waals surface area contributed by atoms with E-state index in [-0.39, 0.29) is 38.6 Å². The number of phosphoric acid groups is 1. The predicted octanol–water partition coefficient (Wildman–Crippen LogP) is 25.6. The summed E-state index contributed by atoms with van der Waals surface area (Å²) in [6.45, 7) is 3.63. The first-order valence-corrected chi connectivity index (χ1v) is 39.9. The molecule has 0 aliphatic carbocycles. The van der Waals surface area contributed by atoms with Crippen LogP contribution >= 0.6 is 7.82 Å². The Kier molecular flexibility index (Phi) is 72.9. The van der Waals surface area contributed by atoms with E-state index in [9.17, 15) is 19.0 Å². The minimum absolute atomic E-state index is 0.0434. The van der Waals surface area contributed by atoms with Crippen LogP contribution in [0.3, 0.4) is 0 Å². The SMILES string of the molecule is CC/C=C\C/C=C\C/C=C\C/C=C\C/C=C\C/C=C\C/C=C\C/C=C\C/C=C\CCCCCC(=O)OC(COC(=O)CCCCCCCCCCCCCCCCCCCCCCCCCCCCCCCCCCCCCCCCC)COP(=O)(O)OCCN. The van der Waals surface area contributed by atoms with E-state index in [1.165, 1.54) is 231 Å². The molecular formula is C81H144NO8P. The number of allylic oxidation sites excluding steroid dienone is 18. The number of hydrogen-bond donors (Lipinski definition) is 2. The van der Waals surface area contributed by atoms with Crippen molar-refractivity contribution >= 4 is 19.8 Å². The number of esters is 2. The first kappa shape index (κ1) is 87.7. The van der Waals surface area contributed by atoms with Gasteiger partial charge in [-0.3, -0.25) is 18.6 Å². The molecule has 2 atom stereocenters. The summed E-state index contributed by atoms with van der Waals surface area (Å²) < 4.78 is 33.2. The first-order valence-electron chi connectivity index (χ1n) is 38.4. The van der Waals surface area contributed by atoms with Crippen LogP contribution in [0.2, 0.25) is 0 Å². The number of unbranched alkanes of at least 4 members (excludes halogenated alkanes) is 41. The zero-order valence-electron chi connectivity index (χ0n) is 59.3. The number of ether oxygens (including phenoxy) is 2. The van der Waals surface area contributed by atoms with Crippen LogP contribution in [0.1, 0.15) is 361 Å². The number of rotatable bonds is 72. The maximum Gasteiger partial charge on any atom is 0.472 e. The molecule has 0 radical (unpaired) electrons. The molecule has 0 aromatic carbocycles. The van der Waals surface area contributed by atoms with E-state index in [1.807, 2.05) is 0 Å². The van der Waals surface area contributed by atoms with Crippen molar-refractivity contribution in [3.05, 3.63) is 109 Å². The molecule has 0 rings (SSSR count). The van der Waals surface area contributed by atoms with Gasteiger partial charge in [0, 0.05) is 19.4 Å². The fraction of sp³-hybridized carbons (Fsp3) is 0.753. The van der Waals surface area contributed by atoms with E-state index in [2.05, 4.69) is 123 Å². The standard InChI is InChI=1S/C81H144NO8P/c1-3-5-7-9-11-13-15-17-19-21-23-25-27-29-31-33-35-36-37-38-39-40-41-42-44-45-47-49-51-53-55-57-59-61-63-65-67-69-71-73-80(83)87-77-79(78-89-91(85,86)88-76-75-82)90-81(84)74-72-70-68-66-64-62-60-58-56-54-52-50-48-46-43-34-32-30-28-26-24-22-20-18-16-14-12-10-8-6-4-2/h6,8,12,14,18,20,24,26,30,32,43,46,50,52,56,58,62,64,79H,3-5,7,9-11,13,15-17,19,21-23,25,27-29,31,33-42,44-45,47-49,51,53-55,57,59-61,63,65-78,82H2,1-2H3,(H,85,86)/b8-6-,14-12-,20-18-,26-24-,32-30-,46-43-,52-50-,58-56-,64-62-. The Morgan fingerprint density at radius 3 is 0.901 bits per heavy atom. The Morgan fingerprint density at radius 2 is 0.604 bits per heavy atom. The lowest BCUT2D eigenvalue weighted by Gasteiger charge is -2.19. The Morgan fingerprint density at radius 1 is 0.341 bits per heavy atom. The molecular weight excluding hydrogens is 1150 g/mol. The fourth-order valence-corrected chi connectivity index (χ4v) is 11.8. The third-order valence-electron chi connectivity index (χ3n) is 16.7. The largest absolute Gasteiger partial charge is 0.472 e. The summed E-state index contributed by atoms with van der Waals surface area (Å²) in [5, 5.41) is 0. The number of carbonyl (C=O) groups is 2. The Labute approximate surface area is 562 Å². The van der Waals surface area contributed by atoms with Crippen LogP contribution < -0.4 is 5.73 Å². The number of nitrogens with two attached hydrogens (primary N) is 1. The van der Waals surface area contributed by atoms with E-state index >= 15 is 0 Å². The average Bonchev–Trinajstić information content (AvgIpc) is 3.71. The van der Waals surface area contributed by atoms with Crippen LogP contribution in [0.4, 0.5) is 0 Å². The van der Waals surface area contributed by atoms with Gasteiger partial charge in [0.1, 0.15) is 6.61 Å². The van der Waals surface area contributed by atoms with Crippen LogP contribution in [-0.4, -0.2) is 49.3 Å². The zero-order chi connectivity index (χ0) is 65.8. The van der Waals surface area contributed by atoms with Gasteiger partial charge < -0.3 is 20.1 Å². The highest BCUT2D eigenvalue weighted by molar-refractivity contribution is 7.47. The quantitative estimate of drug-likeness (QED) is 0.0264. The van der Waals surface area contributed by atoms with Crippen molar-refractivity contribution < 1.29 is 37.6 Å². The number of hydrogen-bond acceptors (Lipinski definition) is 8. The van der Waals surface area contributed by atoms with Gasteiger partial charge in [-0.25, -0.2) is 4.57 Å². The van der Waals surface area contributed by atoms with E-state index in [1.54, 1.807) is 0 Å². The van der Waals surface area contributed by atoms with Gasteiger partial charge in [-0.15, -0.1) is 0 Å². The van der Waals surface area contributed by atoms with Gasteiger partial charge in [0.05, 0.1) is 13.2 Å². The monoisotopic (exact) mass is 1290 g/mol. The minimum atomic E-state index is -4.41. The van der Waals surface area contributed by atoms with Crippen molar-refractivity contribution in [2.75, 3.05) is 26.4 Å². The highest BCUT2D eigenvalue weighted by Gasteiger charge is 2.26. The second-order valence-corrected chi connectivity index (χ2v) is 27.0. The molecule has 3 N–H and O–H groups in total. The van der Waals surface area contributed by atoms with Crippen LogP contribution in [0.5, 0.6) is 0 Å². The summed E-state index contributed by atoms with van der Waals surface area (Å²) in [4.78, 5) is 35.4. The topological polar surface area (TPSA) is 134 Å². The van der Waals surface area contributed by atoms with Crippen molar-refractivity contribution in [2.24, 2.45) is 5.73 Å². The Balaban J connectivity index is 3.86. The van der Waals surface area contributed by atoms with Gasteiger partial charge in [-0.05, 0) is 83.5 Å². The number of phosphoric ester groups is 1. The van der Waals surface area contributed by atoms with Crippen LogP contribution in [0.25, 0.3) is 0 Å². The van der Waals surface area contributed by atoms with Crippen molar-refractivity contribution in [1.29, 1.82) is 0 Å². The lowest BCUT2D eigenvalue weighted by atomic mass is 10.0. The summed E-state index contributed by atoms with van der Waals surface area (Å²) in [7, 11) is -4.41. The summed E-state index contributed by atoms with van der Waals surface area (Å²) >= 11 is 0. The molecule has 0 fully saturated rings. The van der Waals surface area contributed by atoms with Gasteiger partial charge in [-0.2, -0.15) is 0 Å². The molecule has 0 aromatic heterocycles. The predicted molar refractivity (Wildman–Crippen MR) is 395 cm³/mol. The maximum absolute atomic E-state index is 12.8. The molecule has 0 amide bonds. The summed E-state index contributed by atoms with van der Waals surface area (Å²) in [5.74, 6) is -0.860. The molecule has 10 heteroatoms. The fourth-order valence-electron chi connectivity index (χ4n) is 11.0. The van der Waals surface area contributed by atoms with Crippen molar-refractivity contribution in [2.45, 2.75) is 367 Å². The first-order chi connectivity index (χ1) is 44.8. The minimum Gasteiger partial charge on any atom is -0.462 e. The molecule has 526 valence electrons. The third kappa shape index (κ3) is 75.6. The van der Waals surface area contributed by atoms with Crippen LogP contribution in [0.15, 0.2) is 109 Å².